The van der Waals surface area contributed by atoms with Crippen LogP contribution in [0.2, 0.25) is 5.02 Å². The van der Waals surface area contributed by atoms with Crippen molar-refractivity contribution in [3.8, 4) is 0 Å². The molecule has 5 nitrogen and oxygen atoms in total. The van der Waals surface area contributed by atoms with Crippen molar-refractivity contribution in [2.75, 3.05) is 41.3 Å². The van der Waals surface area contributed by atoms with Crippen molar-refractivity contribution in [2.45, 2.75) is 13.8 Å². The summed E-state index contributed by atoms with van der Waals surface area (Å²) in [6, 6.07) is 18.3. The number of hydrogen-bond acceptors (Lipinski definition) is 5. The molecule has 1 aromatic heterocycles. The molecule has 2 heterocycles. The number of rotatable bonds is 4. The summed E-state index contributed by atoms with van der Waals surface area (Å²) in [5.74, 6) is 1.52. The highest BCUT2D eigenvalue weighted by atomic mass is 35.5. The molecule has 1 saturated heterocycles. The number of benzene rings is 2. The molecule has 0 radical (unpaired) electrons. The van der Waals surface area contributed by atoms with Gasteiger partial charge in [0.05, 0.1) is 10.7 Å². The zero-order chi connectivity index (χ0) is 19.5. The van der Waals surface area contributed by atoms with Gasteiger partial charge < -0.3 is 15.1 Å². The molecule has 3 aromatic rings. The largest absolute Gasteiger partial charge is 0.368 e. The summed E-state index contributed by atoms with van der Waals surface area (Å²) >= 11 is 6.27. The van der Waals surface area contributed by atoms with Crippen LogP contribution in [0.25, 0.3) is 0 Å². The number of aromatic nitrogens is 2. The molecule has 0 aliphatic carbocycles. The molecule has 0 saturated carbocycles. The van der Waals surface area contributed by atoms with Crippen molar-refractivity contribution in [2.24, 2.45) is 0 Å². The first-order valence-electron chi connectivity index (χ1n) is 9.52. The van der Waals surface area contributed by atoms with E-state index in [9.17, 15) is 0 Å². The van der Waals surface area contributed by atoms with E-state index >= 15 is 0 Å². The Labute approximate surface area is 171 Å². The lowest BCUT2D eigenvalue weighted by molar-refractivity contribution is 0.639. The lowest BCUT2D eigenvalue weighted by Gasteiger charge is -2.36. The van der Waals surface area contributed by atoms with Crippen LogP contribution >= 0.6 is 11.6 Å². The predicted octanol–water partition coefficient (Wildman–Crippen LogP) is 4.82. The number of anilines is 4. The molecule has 2 aromatic carbocycles. The third-order valence-corrected chi connectivity index (χ3v) is 5.24. The van der Waals surface area contributed by atoms with Crippen LogP contribution in [-0.2, 0) is 0 Å². The van der Waals surface area contributed by atoms with Crippen LogP contribution in [0.5, 0.6) is 0 Å². The topological polar surface area (TPSA) is 44.3 Å². The smallest absolute Gasteiger partial charge is 0.227 e. The van der Waals surface area contributed by atoms with Crippen molar-refractivity contribution in [3.63, 3.8) is 0 Å². The number of halogens is 1. The molecule has 1 aliphatic rings. The number of aryl methyl sites for hydroxylation is 2. The average Bonchev–Trinajstić information content (AvgIpc) is 2.69. The van der Waals surface area contributed by atoms with Crippen LogP contribution in [0.1, 0.15) is 11.3 Å². The van der Waals surface area contributed by atoms with Gasteiger partial charge in [-0.2, -0.15) is 4.98 Å². The van der Waals surface area contributed by atoms with Gasteiger partial charge in [0, 0.05) is 43.6 Å². The van der Waals surface area contributed by atoms with Crippen LogP contribution in [0.15, 0.2) is 54.6 Å². The molecule has 0 amide bonds. The summed E-state index contributed by atoms with van der Waals surface area (Å²) in [6.45, 7) is 7.81. The van der Waals surface area contributed by atoms with Crippen molar-refractivity contribution in [1.29, 1.82) is 0 Å². The number of hydrogen-bond donors (Lipinski definition) is 1. The van der Waals surface area contributed by atoms with Crippen molar-refractivity contribution in [1.82, 2.24) is 9.97 Å². The van der Waals surface area contributed by atoms with Gasteiger partial charge in [0.1, 0.15) is 5.82 Å². The van der Waals surface area contributed by atoms with Gasteiger partial charge in [-0.25, -0.2) is 4.98 Å². The highest BCUT2D eigenvalue weighted by molar-refractivity contribution is 6.33. The minimum Gasteiger partial charge on any atom is -0.368 e. The lowest BCUT2D eigenvalue weighted by Crippen LogP contribution is -2.47. The second-order valence-corrected chi connectivity index (χ2v) is 7.52. The standard InChI is InChI=1S/C22H24ClN5/c1-16-6-5-7-18(14-16)27-10-12-28(13-11-27)22-24-17(2)15-21(26-22)25-20-9-4-3-8-19(20)23/h3-9,14-15H,10-13H2,1-2H3,(H,24,25,26). The maximum absolute atomic E-state index is 6.27. The van der Waals surface area contributed by atoms with Gasteiger partial charge in [-0.15, -0.1) is 0 Å². The Morgan fingerprint density at radius 3 is 2.36 bits per heavy atom. The van der Waals surface area contributed by atoms with E-state index in [0.29, 0.717) is 5.02 Å². The molecule has 0 spiro atoms. The molecule has 28 heavy (non-hydrogen) atoms. The highest BCUT2D eigenvalue weighted by Gasteiger charge is 2.20. The van der Waals surface area contributed by atoms with Crippen LogP contribution in [-0.4, -0.2) is 36.1 Å². The van der Waals surface area contributed by atoms with Gasteiger partial charge in [-0.3, -0.25) is 0 Å². The summed E-state index contributed by atoms with van der Waals surface area (Å²) in [4.78, 5) is 14.1. The average molecular weight is 394 g/mol. The third-order valence-electron chi connectivity index (χ3n) is 4.91. The van der Waals surface area contributed by atoms with E-state index in [1.165, 1.54) is 11.3 Å². The molecule has 6 heteroatoms. The third kappa shape index (κ3) is 4.20. The Morgan fingerprint density at radius 1 is 0.857 bits per heavy atom. The number of para-hydroxylation sites is 1. The Morgan fingerprint density at radius 2 is 1.61 bits per heavy atom. The number of piperazine rings is 1. The highest BCUT2D eigenvalue weighted by Crippen LogP contribution is 2.26. The molecular formula is C22H24ClN5. The number of nitrogens with one attached hydrogen (secondary N) is 1. The van der Waals surface area contributed by atoms with Crippen LogP contribution in [0.4, 0.5) is 23.1 Å². The van der Waals surface area contributed by atoms with Gasteiger partial charge in [-0.1, -0.05) is 35.9 Å². The normalized spacial score (nSPS) is 14.2. The molecule has 1 aliphatic heterocycles. The quantitative estimate of drug-likeness (QED) is 0.688. The fourth-order valence-electron chi connectivity index (χ4n) is 3.45. The maximum Gasteiger partial charge on any atom is 0.227 e. The first-order valence-corrected chi connectivity index (χ1v) is 9.90. The molecule has 0 atom stereocenters. The summed E-state index contributed by atoms with van der Waals surface area (Å²) in [6.07, 6.45) is 0. The van der Waals surface area contributed by atoms with E-state index in [1.807, 2.05) is 37.3 Å². The predicted molar refractivity (Wildman–Crippen MR) is 117 cm³/mol. The van der Waals surface area contributed by atoms with E-state index in [0.717, 1.165) is 49.3 Å². The Bertz CT molecular complexity index is 967. The van der Waals surface area contributed by atoms with Crippen molar-refractivity contribution >= 4 is 34.7 Å². The van der Waals surface area contributed by atoms with Crippen LogP contribution in [0.3, 0.4) is 0 Å². The molecule has 4 rings (SSSR count). The fourth-order valence-corrected chi connectivity index (χ4v) is 3.63. The fraction of sp³-hybridized carbons (Fsp3) is 0.273. The second kappa shape index (κ2) is 8.07. The van der Waals surface area contributed by atoms with Crippen LogP contribution < -0.4 is 15.1 Å². The number of nitrogens with zero attached hydrogens (tertiary/aromatic N) is 4. The zero-order valence-corrected chi connectivity index (χ0v) is 16.9. The van der Waals surface area contributed by atoms with Gasteiger partial charge in [0.25, 0.3) is 0 Å². The zero-order valence-electron chi connectivity index (χ0n) is 16.2. The second-order valence-electron chi connectivity index (χ2n) is 7.11. The van der Waals surface area contributed by atoms with E-state index < -0.39 is 0 Å². The molecule has 0 unspecified atom stereocenters. The Balaban J connectivity index is 1.48. The van der Waals surface area contributed by atoms with Gasteiger partial charge in [-0.05, 0) is 43.7 Å². The van der Waals surface area contributed by atoms with Crippen molar-refractivity contribution in [3.05, 3.63) is 70.9 Å². The molecule has 144 valence electrons. The Kier molecular flexibility index (Phi) is 5.35. The van der Waals surface area contributed by atoms with Crippen molar-refractivity contribution < 1.29 is 0 Å². The Hall–Kier alpha value is -2.79. The molecule has 1 N–H and O–H groups in total. The summed E-state index contributed by atoms with van der Waals surface area (Å²) in [5.41, 5.74) is 4.35. The van der Waals surface area contributed by atoms with Gasteiger partial charge in [0.15, 0.2) is 0 Å². The maximum atomic E-state index is 6.27. The van der Waals surface area contributed by atoms with E-state index in [4.69, 9.17) is 16.6 Å². The van der Waals surface area contributed by atoms with E-state index in [2.05, 4.69) is 51.3 Å². The molecule has 1 fully saturated rings. The molecule has 0 bridgehead atoms. The van der Waals surface area contributed by atoms with Gasteiger partial charge in [0.2, 0.25) is 5.95 Å². The SMILES string of the molecule is Cc1cccc(N2CCN(c3nc(C)cc(Nc4ccccc4Cl)n3)CC2)c1. The summed E-state index contributed by atoms with van der Waals surface area (Å²) < 4.78 is 0. The minimum absolute atomic E-state index is 0.673. The van der Waals surface area contributed by atoms with Crippen LogP contribution in [0, 0.1) is 13.8 Å². The summed E-state index contributed by atoms with van der Waals surface area (Å²) in [7, 11) is 0. The minimum atomic E-state index is 0.673. The lowest BCUT2D eigenvalue weighted by atomic mass is 10.2. The summed E-state index contributed by atoms with van der Waals surface area (Å²) in [5, 5.41) is 3.99. The first-order chi connectivity index (χ1) is 13.6. The van der Waals surface area contributed by atoms with Gasteiger partial charge >= 0.3 is 0 Å². The van der Waals surface area contributed by atoms with E-state index in [1.54, 1.807) is 0 Å². The monoisotopic (exact) mass is 393 g/mol. The first kappa shape index (κ1) is 18.6. The van der Waals surface area contributed by atoms with E-state index in [-0.39, 0.29) is 0 Å². The molecular weight excluding hydrogens is 370 g/mol.